The number of thiophene rings is 1. The van der Waals surface area contributed by atoms with Crippen LogP contribution in [0.25, 0.3) is 0 Å². The summed E-state index contributed by atoms with van der Waals surface area (Å²) in [6.45, 7) is 0.150. The second-order valence-electron chi connectivity index (χ2n) is 7.24. The molecule has 3 amide bonds. The topological polar surface area (TPSA) is 160 Å². The Labute approximate surface area is 191 Å². The summed E-state index contributed by atoms with van der Waals surface area (Å²) in [5, 5.41) is 17.0. The molecule has 0 fully saturated rings. The van der Waals surface area contributed by atoms with E-state index in [2.05, 4.69) is 25.9 Å². The molecule has 3 heterocycles. The molecular formula is C21H19N5O6S. The molecule has 0 unspecified atom stereocenters. The highest BCUT2D eigenvalue weighted by Gasteiger charge is 2.23. The normalized spacial score (nSPS) is 15.0. The van der Waals surface area contributed by atoms with Crippen molar-refractivity contribution in [3.8, 4) is 0 Å². The number of hydrogen-bond donors (Lipinski definition) is 4. The molecule has 1 aliphatic heterocycles. The molecule has 4 rings (SSSR count). The van der Waals surface area contributed by atoms with Gasteiger partial charge in [0, 0.05) is 23.8 Å². The SMILES string of the molecule is O=C1COC2=C(C=C(CC(=O)Nc3cc(C(=O)NCc4ccc(C(=O)O)s4)ncn3)CC2)N1. The van der Waals surface area contributed by atoms with Crippen LogP contribution in [0, 0.1) is 0 Å². The fourth-order valence-corrected chi connectivity index (χ4v) is 4.07. The quantitative estimate of drug-likeness (QED) is 0.475. The number of nitrogens with zero attached hydrogens (tertiary/aromatic N) is 2. The van der Waals surface area contributed by atoms with E-state index in [0.29, 0.717) is 29.2 Å². The summed E-state index contributed by atoms with van der Waals surface area (Å²) >= 11 is 1.07. The minimum atomic E-state index is -1.02. The molecule has 4 N–H and O–H groups in total. The van der Waals surface area contributed by atoms with Crippen LogP contribution in [-0.4, -0.2) is 45.4 Å². The first-order valence-electron chi connectivity index (χ1n) is 9.95. The molecule has 0 radical (unpaired) electrons. The van der Waals surface area contributed by atoms with Crippen molar-refractivity contribution in [2.24, 2.45) is 0 Å². The number of aromatic nitrogens is 2. The van der Waals surface area contributed by atoms with Crippen LogP contribution in [-0.2, 0) is 20.9 Å². The van der Waals surface area contributed by atoms with Crippen molar-refractivity contribution in [3.05, 3.63) is 63.1 Å². The zero-order chi connectivity index (χ0) is 23.4. The lowest BCUT2D eigenvalue weighted by molar-refractivity contribution is -0.125. The Balaban J connectivity index is 1.33. The van der Waals surface area contributed by atoms with E-state index in [1.165, 1.54) is 18.5 Å². The van der Waals surface area contributed by atoms with Crippen molar-refractivity contribution < 1.29 is 29.0 Å². The third-order valence-electron chi connectivity index (χ3n) is 4.82. The van der Waals surface area contributed by atoms with E-state index >= 15 is 0 Å². The van der Waals surface area contributed by atoms with Gasteiger partial charge in [-0.1, -0.05) is 5.57 Å². The number of hydrogen-bond acceptors (Lipinski definition) is 8. The maximum Gasteiger partial charge on any atom is 0.345 e. The third-order valence-corrected chi connectivity index (χ3v) is 5.90. The predicted octanol–water partition coefficient (Wildman–Crippen LogP) is 1.57. The third kappa shape index (κ3) is 5.60. The standard InChI is InChI=1S/C21H19N5O6S/c27-18(6-11-1-3-15-13(5-11)25-19(28)9-32-15)26-17-7-14(23-10-24-17)20(29)22-8-12-2-4-16(33-12)21(30)31/h2,4-5,7,10H,1,3,6,8-9H2,(H,22,29)(H,25,28)(H,30,31)(H,23,24,26,27). The second kappa shape index (κ2) is 9.61. The molecule has 2 aliphatic rings. The molecule has 170 valence electrons. The molecule has 12 heteroatoms. The number of amides is 3. The van der Waals surface area contributed by atoms with Crippen LogP contribution in [0.5, 0.6) is 0 Å². The number of anilines is 1. The van der Waals surface area contributed by atoms with Gasteiger partial charge in [-0.25, -0.2) is 14.8 Å². The summed E-state index contributed by atoms with van der Waals surface area (Å²) in [7, 11) is 0. The van der Waals surface area contributed by atoms with E-state index in [4.69, 9.17) is 9.84 Å². The van der Waals surface area contributed by atoms with E-state index in [0.717, 1.165) is 16.9 Å². The van der Waals surface area contributed by atoms with Crippen LogP contribution in [0.2, 0.25) is 0 Å². The average molecular weight is 469 g/mol. The molecule has 0 spiro atoms. The minimum absolute atomic E-state index is 0.00279. The molecule has 2 aromatic heterocycles. The molecule has 33 heavy (non-hydrogen) atoms. The van der Waals surface area contributed by atoms with Crippen molar-refractivity contribution in [1.82, 2.24) is 20.6 Å². The Morgan fingerprint density at radius 2 is 2.06 bits per heavy atom. The number of aromatic carboxylic acids is 1. The number of carboxylic acids is 1. The second-order valence-corrected chi connectivity index (χ2v) is 8.41. The van der Waals surface area contributed by atoms with Crippen LogP contribution in [0.1, 0.15) is 44.3 Å². The Morgan fingerprint density at radius 1 is 1.21 bits per heavy atom. The molecule has 0 saturated carbocycles. The first kappa shape index (κ1) is 22.1. The monoisotopic (exact) mass is 469 g/mol. The molecule has 0 saturated heterocycles. The van der Waals surface area contributed by atoms with E-state index in [1.807, 2.05) is 0 Å². The Kier molecular flexibility index (Phi) is 6.45. The number of rotatable bonds is 7. The molecule has 2 aromatic rings. The van der Waals surface area contributed by atoms with E-state index in [9.17, 15) is 19.2 Å². The minimum Gasteiger partial charge on any atom is -0.486 e. The zero-order valence-electron chi connectivity index (χ0n) is 17.2. The summed E-state index contributed by atoms with van der Waals surface area (Å²) in [4.78, 5) is 56.0. The summed E-state index contributed by atoms with van der Waals surface area (Å²) in [6.07, 6.45) is 4.25. The van der Waals surface area contributed by atoms with Gasteiger partial charge in [-0.15, -0.1) is 11.3 Å². The summed E-state index contributed by atoms with van der Waals surface area (Å²) < 4.78 is 5.38. The lowest BCUT2D eigenvalue weighted by Crippen LogP contribution is -2.33. The largest absolute Gasteiger partial charge is 0.486 e. The van der Waals surface area contributed by atoms with Crippen LogP contribution in [0.3, 0.4) is 0 Å². The summed E-state index contributed by atoms with van der Waals surface area (Å²) in [5.74, 6) is -1.17. The average Bonchev–Trinajstić information content (AvgIpc) is 3.27. The van der Waals surface area contributed by atoms with Crippen molar-refractivity contribution >= 4 is 40.8 Å². The fourth-order valence-electron chi connectivity index (χ4n) is 3.29. The number of carbonyl (C=O) groups excluding carboxylic acids is 3. The molecule has 0 aromatic carbocycles. The smallest absolute Gasteiger partial charge is 0.345 e. The number of allylic oxidation sites excluding steroid dienone is 2. The number of carboxylic acid groups (broad SMARTS) is 1. The van der Waals surface area contributed by atoms with E-state index < -0.39 is 11.9 Å². The first-order chi connectivity index (χ1) is 15.9. The van der Waals surface area contributed by atoms with Gasteiger partial charge in [-0.05, 0) is 24.6 Å². The number of carbonyl (C=O) groups is 4. The van der Waals surface area contributed by atoms with Gasteiger partial charge in [0.2, 0.25) is 5.91 Å². The molecule has 11 nitrogen and oxygen atoms in total. The Morgan fingerprint density at radius 3 is 2.85 bits per heavy atom. The van der Waals surface area contributed by atoms with Gasteiger partial charge in [0.25, 0.3) is 11.8 Å². The van der Waals surface area contributed by atoms with E-state index in [1.54, 1.807) is 12.1 Å². The highest BCUT2D eigenvalue weighted by atomic mass is 32.1. The zero-order valence-corrected chi connectivity index (χ0v) is 18.0. The number of ether oxygens (including phenoxy) is 1. The maximum absolute atomic E-state index is 12.5. The van der Waals surface area contributed by atoms with Crippen molar-refractivity contribution in [2.75, 3.05) is 11.9 Å². The molecule has 1 aliphatic carbocycles. The van der Waals surface area contributed by atoms with Gasteiger partial charge in [0.1, 0.15) is 28.5 Å². The van der Waals surface area contributed by atoms with E-state index in [-0.39, 0.29) is 47.8 Å². The maximum atomic E-state index is 12.5. The first-order valence-corrected chi connectivity index (χ1v) is 10.8. The van der Waals surface area contributed by atoms with Gasteiger partial charge in [0.15, 0.2) is 6.61 Å². The highest BCUT2D eigenvalue weighted by Crippen LogP contribution is 2.27. The van der Waals surface area contributed by atoms with Crippen molar-refractivity contribution in [2.45, 2.75) is 25.8 Å². The van der Waals surface area contributed by atoms with Crippen LogP contribution in [0.15, 0.2) is 47.6 Å². The van der Waals surface area contributed by atoms with Crippen molar-refractivity contribution in [3.63, 3.8) is 0 Å². The highest BCUT2D eigenvalue weighted by molar-refractivity contribution is 7.13. The summed E-state index contributed by atoms with van der Waals surface area (Å²) in [6, 6.07) is 4.46. The van der Waals surface area contributed by atoms with Gasteiger partial charge < -0.3 is 25.8 Å². The summed E-state index contributed by atoms with van der Waals surface area (Å²) in [5.41, 5.74) is 1.48. The lowest BCUT2D eigenvalue weighted by atomic mass is 9.98. The van der Waals surface area contributed by atoms with Gasteiger partial charge in [-0.2, -0.15) is 0 Å². The van der Waals surface area contributed by atoms with Crippen LogP contribution >= 0.6 is 11.3 Å². The fraction of sp³-hybridized carbons (Fsp3) is 0.238. The number of nitrogens with one attached hydrogen (secondary N) is 3. The molecular weight excluding hydrogens is 450 g/mol. The van der Waals surface area contributed by atoms with Gasteiger partial charge >= 0.3 is 5.97 Å². The lowest BCUT2D eigenvalue weighted by Gasteiger charge is -2.24. The van der Waals surface area contributed by atoms with Crippen molar-refractivity contribution in [1.29, 1.82) is 0 Å². The molecule has 0 bridgehead atoms. The van der Waals surface area contributed by atoms with Gasteiger partial charge in [0.05, 0.1) is 12.2 Å². The predicted molar refractivity (Wildman–Crippen MR) is 116 cm³/mol. The Hall–Kier alpha value is -4.06. The molecule has 0 atom stereocenters. The van der Waals surface area contributed by atoms with Gasteiger partial charge in [-0.3, -0.25) is 14.4 Å². The van der Waals surface area contributed by atoms with Crippen LogP contribution < -0.4 is 16.0 Å². The van der Waals surface area contributed by atoms with Crippen LogP contribution in [0.4, 0.5) is 5.82 Å². The Bertz CT molecular complexity index is 1200.